The maximum Gasteiger partial charge on any atom is 0.178 e. The Labute approximate surface area is 105 Å². The summed E-state index contributed by atoms with van der Waals surface area (Å²) in [5.74, 6) is 1.79. The van der Waals surface area contributed by atoms with Crippen LogP contribution < -0.4 is 0 Å². The lowest BCUT2D eigenvalue weighted by Crippen LogP contribution is -2.16. The van der Waals surface area contributed by atoms with Gasteiger partial charge >= 0.3 is 0 Å². The second-order valence-corrected chi connectivity index (χ2v) is 5.82. The Morgan fingerprint density at radius 1 is 1.35 bits per heavy atom. The van der Waals surface area contributed by atoms with Gasteiger partial charge in [0.2, 0.25) is 0 Å². The SMILES string of the molecule is S=c1[nH]c2cnccc2n1C1CC2CCC1C2. The van der Waals surface area contributed by atoms with Crippen LogP contribution in [0.3, 0.4) is 0 Å². The van der Waals surface area contributed by atoms with Crippen LogP contribution in [-0.4, -0.2) is 14.5 Å². The van der Waals surface area contributed by atoms with Gasteiger partial charge in [-0.1, -0.05) is 6.42 Å². The summed E-state index contributed by atoms with van der Waals surface area (Å²) >= 11 is 5.48. The van der Waals surface area contributed by atoms with Gasteiger partial charge < -0.3 is 9.55 Å². The molecule has 3 atom stereocenters. The minimum Gasteiger partial charge on any atom is -0.329 e. The fraction of sp³-hybridized carbons (Fsp3) is 0.538. The van der Waals surface area contributed by atoms with E-state index in [1.807, 2.05) is 12.4 Å². The van der Waals surface area contributed by atoms with Crippen LogP contribution in [0.2, 0.25) is 0 Å². The first kappa shape index (κ1) is 9.83. The molecule has 2 saturated carbocycles. The van der Waals surface area contributed by atoms with E-state index in [9.17, 15) is 0 Å². The Morgan fingerprint density at radius 3 is 3.06 bits per heavy atom. The standard InChI is InChI=1S/C13H15N3S/c17-13-15-10-7-14-4-3-11(10)16(13)12-6-8-1-2-9(12)5-8/h3-4,7-9,12H,1-2,5-6H2,(H,15,17). The van der Waals surface area contributed by atoms with E-state index in [0.29, 0.717) is 6.04 Å². The van der Waals surface area contributed by atoms with E-state index in [1.165, 1.54) is 31.2 Å². The van der Waals surface area contributed by atoms with Crippen LogP contribution in [0.1, 0.15) is 31.7 Å². The van der Waals surface area contributed by atoms with E-state index >= 15 is 0 Å². The average Bonchev–Trinajstić information content (AvgIpc) is 2.99. The first-order valence-corrected chi connectivity index (χ1v) is 6.78. The minimum atomic E-state index is 0.623. The van der Waals surface area contributed by atoms with Crippen LogP contribution in [0, 0.1) is 16.6 Å². The summed E-state index contributed by atoms with van der Waals surface area (Å²) in [6.45, 7) is 0. The van der Waals surface area contributed by atoms with Gasteiger partial charge in [-0.05, 0) is 49.4 Å². The molecule has 0 saturated heterocycles. The zero-order chi connectivity index (χ0) is 11.4. The molecule has 2 bridgehead atoms. The summed E-state index contributed by atoms with van der Waals surface area (Å²) in [6.07, 6.45) is 9.26. The molecule has 2 aliphatic rings. The van der Waals surface area contributed by atoms with Crippen LogP contribution in [0.4, 0.5) is 0 Å². The smallest absolute Gasteiger partial charge is 0.178 e. The Balaban J connectivity index is 1.90. The van der Waals surface area contributed by atoms with Gasteiger partial charge in [0.05, 0.1) is 17.2 Å². The monoisotopic (exact) mass is 245 g/mol. The number of pyridine rings is 1. The van der Waals surface area contributed by atoms with Crippen molar-refractivity contribution in [1.29, 1.82) is 0 Å². The number of rotatable bonds is 1. The fourth-order valence-electron chi connectivity index (χ4n) is 3.83. The second-order valence-electron chi connectivity index (χ2n) is 5.44. The highest BCUT2D eigenvalue weighted by Crippen LogP contribution is 2.51. The summed E-state index contributed by atoms with van der Waals surface area (Å²) in [7, 11) is 0. The van der Waals surface area contributed by atoms with E-state index in [1.54, 1.807) is 0 Å². The molecule has 3 nitrogen and oxygen atoms in total. The molecule has 2 aliphatic carbocycles. The molecule has 2 heterocycles. The number of aromatic nitrogens is 3. The van der Waals surface area contributed by atoms with Crippen molar-refractivity contribution in [3.05, 3.63) is 23.2 Å². The van der Waals surface area contributed by atoms with Crippen molar-refractivity contribution in [2.45, 2.75) is 31.7 Å². The van der Waals surface area contributed by atoms with Gasteiger partial charge in [-0.15, -0.1) is 0 Å². The van der Waals surface area contributed by atoms with Crippen LogP contribution in [0.5, 0.6) is 0 Å². The Bertz CT molecular complexity index is 627. The molecule has 0 aromatic carbocycles. The Morgan fingerprint density at radius 2 is 2.29 bits per heavy atom. The van der Waals surface area contributed by atoms with E-state index in [4.69, 9.17) is 12.2 Å². The van der Waals surface area contributed by atoms with Gasteiger partial charge in [0.25, 0.3) is 0 Å². The van der Waals surface area contributed by atoms with Gasteiger partial charge in [-0.2, -0.15) is 0 Å². The third-order valence-corrected chi connectivity index (χ3v) is 4.85. The van der Waals surface area contributed by atoms with E-state index in [0.717, 1.165) is 22.1 Å². The molecular weight excluding hydrogens is 230 g/mol. The molecular formula is C13H15N3S. The molecule has 2 aromatic heterocycles. The molecule has 3 unspecified atom stereocenters. The summed E-state index contributed by atoms with van der Waals surface area (Å²) in [5.41, 5.74) is 2.29. The summed E-state index contributed by atoms with van der Waals surface area (Å²) in [5, 5.41) is 0. The number of nitrogens with zero attached hydrogens (tertiary/aromatic N) is 2. The lowest BCUT2D eigenvalue weighted by Gasteiger charge is -2.23. The normalized spacial score (nSPS) is 31.4. The number of fused-ring (bicyclic) bond motifs is 3. The van der Waals surface area contributed by atoms with Gasteiger partial charge in [0, 0.05) is 12.2 Å². The van der Waals surface area contributed by atoms with Crippen LogP contribution >= 0.6 is 12.2 Å². The number of aromatic amines is 1. The third-order valence-electron chi connectivity index (χ3n) is 4.55. The minimum absolute atomic E-state index is 0.623. The van der Waals surface area contributed by atoms with E-state index < -0.39 is 0 Å². The quantitative estimate of drug-likeness (QED) is 0.781. The van der Waals surface area contributed by atoms with Crippen molar-refractivity contribution >= 4 is 23.3 Å². The zero-order valence-electron chi connectivity index (χ0n) is 9.60. The van der Waals surface area contributed by atoms with Crippen LogP contribution in [-0.2, 0) is 0 Å². The Hall–Kier alpha value is -1.16. The van der Waals surface area contributed by atoms with Gasteiger partial charge in [-0.25, -0.2) is 0 Å². The molecule has 4 rings (SSSR count). The van der Waals surface area contributed by atoms with E-state index in [-0.39, 0.29) is 0 Å². The maximum atomic E-state index is 5.48. The van der Waals surface area contributed by atoms with Crippen molar-refractivity contribution in [2.75, 3.05) is 0 Å². The molecule has 0 aliphatic heterocycles. The highest BCUT2D eigenvalue weighted by atomic mass is 32.1. The molecule has 1 N–H and O–H groups in total. The van der Waals surface area contributed by atoms with Gasteiger partial charge in [0.15, 0.2) is 4.77 Å². The topological polar surface area (TPSA) is 33.6 Å². The number of hydrogen-bond donors (Lipinski definition) is 1. The zero-order valence-corrected chi connectivity index (χ0v) is 10.4. The number of hydrogen-bond acceptors (Lipinski definition) is 2. The molecule has 0 amide bonds. The first-order chi connectivity index (χ1) is 8.33. The summed E-state index contributed by atoms with van der Waals surface area (Å²) in [4.78, 5) is 7.43. The van der Waals surface area contributed by atoms with Gasteiger partial charge in [0.1, 0.15) is 0 Å². The number of imidazole rings is 1. The molecule has 0 radical (unpaired) electrons. The maximum absolute atomic E-state index is 5.48. The molecule has 88 valence electrons. The van der Waals surface area contributed by atoms with Crippen molar-refractivity contribution in [3.63, 3.8) is 0 Å². The predicted molar refractivity (Wildman–Crippen MR) is 69.4 cm³/mol. The predicted octanol–water partition coefficient (Wildman–Crippen LogP) is 3.45. The lowest BCUT2D eigenvalue weighted by molar-refractivity contribution is 0.333. The average molecular weight is 245 g/mol. The number of nitrogens with one attached hydrogen (secondary N) is 1. The Kier molecular flexibility index (Phi) is 1.98. The van der Waals surface area contributed by atoms with Crippen molar-refractivity contribution in [2.24, 2.45) is 11.8 Å². The van der Waals surface area contributed by atoms with Crippen molar-refractivity contribution in [1.82, 2.24) is 14.5 Å². The fourth-order valence-corrected chi connectivity index (χ4v) is 4.18. The first-order valence-electron chi connectivity index (χ1n) is 6.37. The molecule has 0 spiro atoms. The van der Waals surface area contributed by atoms with Crippen molar-refractivity contribution in [3.8, 4) is 0 Å². The molecule has 4 heteroatoms. The lowest BCUT2D eigenvalue weighted by atomic mass is 9.95. The molecule has 2 aromatic rings. The van der Waals surface area contributed by atoms with Gasteiger partial charge in [-0.3, -0.25) is 4.98 Å². The largest absolute Gasteiger partial charge is 0.329 e. The summed E-state index contributed by atoms with van der Waals surface area (Å²) in [6, 6.07) is 2.70. The van der Waals surface area contributed by atoms with Crippen molar-refractivity contribution < 1.29 is 0 Å². The highest BCUT2D eigenvalue weighted by molar-refractivity contribution is 7.71. The second kappa shape index (κ2) is 3.42. The highest BCUT2D eigenvalue weighted by Gasteiger charge is 2.41. The molecule has 17 heavy (non-hydrogen) atoms. The van der Waals surface area contributed by atoms with Crippen LogP contribution in [0.25, 0.3) is 11.0 Å². The van der Waals surface area contributed by atoms with Crippen LogP contribution in [0.15, 0.2) is 18.5 Å². The third kappa shape index (κ3) is 1.33. The van der Waals surface area contributed by atoms with E-state index in [2.05, 4.69) is 20.6 Å². The molecule has 2 fully saturated rings. The number of H-pyrrole nitrogens is 1. The summed E-state index contributed by atoms with van der Waals surface area (Å²) < 4.78 is 3.21.